The highest BCUT2D eigenvalue weighted by Crippen LogP contribution is 2.28. The Balaban J connectivity index is 2.41. The lowest BCUT2D eigenvalue weighted by Gasteiger charge is -2.04. The van der Waals surface area contributed by atoms with Crippen molar-refractivity contribution < 1.29 is 14.1 Å². The van der Waals surface area contributed by atoms with Crippen LogP contribution >= 0.6 is 11.6 Å². The quantitative estimate of drug-likeness (QED) is 0.686. The first-order chi connectivity index (χ1) is 10.3. The van der Waals surface area contributed by atoms with E-state index in [2.05, 4.69) is 5.32 Å². The summed E-state index contributed by atoms with van der Waals surface area (Å²) in [6.45, 7) is 3.33. The van der Waals surface area contributed by atoms with Gasteiger partial charge in [-0.15, -0.1) is 0 Å². The molecule has 0 atom stereocenters. The molecule has 0 aliphatic heterocycles. The Labute approximate surface area is 130 Å². The Morgan fingerprint density at radius 1 is 1.45 bits per heavy atom. The molecule has 7 nitrogen and oxygen atoms in total. The number of benzene rings is 1. The molecule has 0 saturated carbocycles. The summed E-state index contributed by atoms with van der Waals surface area (Å²) in [5.41, 5.74) is 0.180. The maximum atomic E-state index is 12.2. The van der Waals surface area contributed by atoms with Gasteiger partial charge in [-0.2, -0.15) is 5.26 Å². The van der Waals surface area contributed by atoms with E-state index in [1.807, 2.05) is 6.07 Å². The number of hydrogen-bond donors (Lipinski definition) is 1. The summed E-state index contributed by atoms with van der Waals surface area (Å²) >= 11 is 5.70. The van der Waals surface area contributed by atoms with Gasteiger partial charge in [0.15, 0.2) is 0 Å². The summed E-state index contributed by atoms with van der Waals surface area (Å²) in [4.78, 5) is 22.5. The fourth-order valence-electron chi connectivity index (χ4n) is 1.87. The Morgan fingerprint density at radius 3 is 2.73 bits per heavy atom. The molecule has 1 N–H and O–H groups in total. The first kappa shape index (κ1) is 15.5. The molecule has 0 aliphatic rings. The second-order valence-electron chi connectivity index (χ2n) is 4.47. The van der Waals surface area contributed by atoms with Crippen molar-refractivity contribution in [1.82, 2.24) is 0 Å². The third-order valence-electron chi connectivity index (χ3n) is 3.13. The molecule has 0 aliphatic carbocycles. The SMILES string of the molecule is Cc1oc(NC(=O)c2ccc(Cl)cc2[N+](=O)[O-])c(C#N)c1C. The van der Waals surface area contributed by atoms with E-state index in [0.717, 1.165) is 6.07 Å². The molecule has 8 heteroatoms. The number of nitrogens with zero attached hydrogens (tertiary/aromatic N) is 2. The number of carbonyl (C=O) groups is 1. The minimum atomic E-state index is -0.756. The summed E-state index contributed by atoms with van der Waals surface area (Å²) < 4.78 is 5.30. The van der Waals surface area contributed by atoms with Gasteiger partial charge in [-0.25, -0.2) is 0 Å². The monoisotopic (exact) mass is 319 g/mol. The molecule has 112 valence electrons. The lowest BCUT2D eigenvalue weighted by Crippen LogP contribution is -2.14. The number of furan rings is 1. The van der Waals surface area contributed by atoms with Crippen LogP contribution in [-0.2, 0) is 0 Å². The number of rotatable bonds is 3. The second kappa shape index (κ2) is 5.87. The number of anilines is 1. The minimum absolute atomic E-state index is 0.0354. The summed E-state index contributed by atoms with van der Waals surface area (Å²) in [7, 11) is 0. The zero-order valence-electron chi connectivity index (χ0n) is 11.6. The minimum Gasteiger partial charge on any atom is -0.444 e. The van der Waals surface area contributed by atoms with Gasteiger partial charge in [-0.3, -0.25) is 20.2 Å². The van der Waals surface area contributed by atoms with Gasteiger partial charge in [-0.05, 0) is 26.0 Å². The van der Waals surface area contributed by atoms with Crippen LogP contribution in [0.15, 0.2) is 22.6 Å². The van der Waals surface area contributed by atoms with E-state index in [4.69, 9.17) is 21.3 Å². The molecule has 2 rings (SSSR count). The van der Waals surface area contributed by atoms with Crippen molar-refractivity contribution in [3.8, 4) is 6.07 Å². The average Bonchev–Trinajstić information content (AvgIpc) is 2.72. The molecule has 22 heavy (non-hydrogen) atoms. The maximum absolute atomic E-state index is 12.2. The van der Waals surface area contributed by atoms with Gasteiger partial charge in [0.2, 0.25) is 5.88 Å². The van der Waals surface area contributed by atoms with Crippen LogP contribution in [0.5, 0.6) is 0 Å². The van der Waals surface area contributed by atoms with Gasteiger partial charge in [0.25, 0.3) is 11.6 Å². The van der Waals surface area contributed by atoms with E-state index in [9.17, 15) is 14.9 Å². The molecule has 1 amide bonds. The number of hydrogen-bond acceptors (Lipinski definition) is 5. The molecule has 1 heterocycles. The van der Waals surface area contributed by atoms with Gasteiger partial charge in [-0.1, -0.05) is 11.6 Å². The molecule has 0 unspecified atom stereocenters. The predicted molar refractivity (Wildman–Crippen MR) is 79.0 cm³/mol. The number of nitrogens with one attached hydrogen (secondary N) is 1. The van der Waals surface area contributed by atoms with Crippen molar-refractivity contribution in [1.29, 1.82) is 5.26 Å². The van der Waals surface area contributed by atoms with Crippen LogP contribution in [0, 0.1) is 35.3 Å². The van der Waals surface area contributed by atoms with Crippen LogP contribution < -0.4 is 5.32 Å². The number of nitro benzene ring substituents is 1. The number of halogens is 1. The van der Waals surface area contributed by atoms with Gasteiger partial charge in [0.05, 0.1) is 4.92 Å². The highest BCUT2D eigenvalue weighted by molar-refractivity contribution is 6.31. The largest absolute Gasteiger partial charge is 0.444 e. The summed E-state index contributed by atoms with van der Waals surface area (Å²) in [6.07, 6.45) is 0. The second-order valence-corrected chi connectivity index (χ2v) is 4.91. The predicted octanol–water partition coefficient (Wildman–Crippen LogP) is 3.58. The normalized spacial score (nSPS) is 10.1. The molecule has 0 spiro atoms. The highest BCUT2D eigenvalue weighted by Gasteiger charge is 2.23. The molecule has 0 bridgehead atoms. The summed E-state index contributed by atoms with van der Waals surface area (Å²) in [5, 5.41) is 22.6. The van der Waals surface area contributed by atoms with Crippen molar-refractivity contribution in [2.45, 2.75) is 13.8 Å². The van der Waals surface area contributed by atoms with E-state index >= 15 is 0 Å². The standard InChI is InChI=1S/C14H10ClN3O4/c1-7-8(2)22-14(11(7)6-16)17-13(19)10-4-3-9(15)5-12(10)18(20)21/h3-5H,1-2H3,(H,17,19). The Bertz CT molecular complexity index is 820. The van der Waals surface area contributed by atoms with E-state index in [-0.39, 0.29) is 22.0 Å². The highest BCUT2D eigenvalue weighted by atomic mass is 35.5. The number of carbonyl (C=O) groups excluding carboxylic acids is 1. The molecule has 1 aromatic carbocycles. The Morgan fingerprint density at radius 2 is 2.14 bits per heavy atom. The van der Waals surface area contributed by atoms with Gasteiger partial charge >= 0.3 is 0 Å². The zero-order chi connectivity index (χ0) is 16.4. The lowest BCUT2D eigenvalue weighted by atomic mass is 10.1. The van der Waals surface area contributed by atoms with Crippen LogP contribution in [0.3, 0.4) is 0 Å². The van der Waals surface area contributed by atoms with Crippen molar-refractivity contribution in [2.24, 2.45) is 0 Å². The Hall–Kier alpha value is -2.85. The summed E-state index contributed by atoms with van der Waals surface area (Å²) in [5.74, 6) is -0.308. The number of amides is 1. The van der Waals surface area contributed by atoms with Crippen LogP contribution in [0.25, 0.3) is 0 Å². The van der Waals surface area contributed by atoms with Crippen LogP contribution in [-0.4, -0.2) is 10.8 Å². The third-order valence-corrected chi connectivity index (χ3v) is 3.36. The number of nitro groups is 1. The number of aryl methyl sites for hydroxylation is 1. The molecule has 0 radical (unpaired) electrons. The first-order valence-corrected chi connectivity index (χ1v) is 6.48. The van der Waals surface area contributed by atoms with Gasteiger partial charge < -0.3 is 4.42 Å². The summed E-state index contributed by atoms with van der Waals surface area (Å²) in [6, 6.07) is 5.62. The maximum Gasteiger partial charge on any atom is 0.283 e. The average molecular weight is 320 g/mol. The van der Waals surface area contributed by atoms with Gasteiger partial charge in [0.1, 0.15) is 23.0 Å². The van der Waals surface area contributed by atoms with Gasteiger partial charge in [0, 0.05) is 16.7 Å². The van der Waals surface area contributed by atoms with Crippen LogP contribution in [0.4, 0.5) is 11.6 Å². The fraction of sp³-hybridized carbons (Fsp3) is 0.143. The lowest BCUT2D eigenvalue weighted by molar-refractivity contribution is -0.385. The van der Waals surface area contributed by atoms with E-state index in [0.29, 0.717) is 11.3 Å². The molecule has 0 saturated heterocycles. The van der Waals surface area contributed by atoms with Crippen molar-refractivity contribution in [2.75, 3.05) is 5.32 Å². The van der Waals surface area contributed by atoms with Crippen molar-refractivity contribution in [3.63, 3.8) is 0 Å². The first-order valence-electron chi connectivity index (χ1n) is 6.10. The van der Waals surface area contributed by atoms with Crippen molar-refractivity contribution >= 4 is 29.1 Å². The van der Waals surface area contributed by atoms with Crippen LogP contribution in [0.1, 0.15) is 27.2 Å². The smallest absolute Gasteiger partial charge is 0.283 e. The van der Waals surface area contributed by atoms with Crippen molar-refractivity contribution in [3.05, 3.63) is 55.8 Å². The fourth-order valence-corrected chi connectivity index (χ4v) is 2.03. The van der Waals surface area contributed by atoms with E-state index in [1.54, 1.807) is 13.8 Å². The van der Waals surface area contributed by atoms with E-state index in [1.165, 1.54) is 12.1 Å². The molecular weight excluding hydrogens is 310 g/mol. The van der Waals surface area contributed by atoms with Crippen LogP contribution in [0.2, 0.25) is 5.02 Å². The topological polar surface area (TPSA) is 109 Å². The molecule has 1 aromatic heterocycles. The number of nitriles is 1. The molecule has 2 aromatic rings. The molecule has 0 fully saturated rings. The molecular formula is C14H10ClN3O4. The zero-order valence-corrected chi connectivity index (χ0v) is 12.4. The van der Waals surface area contributed by atoms with E-state index < -0.39 is 16.5 Å². The third kappa shape index (κ3) is 2.77. The Kier molecular flexibility index (Phi) is 4.15.